The minimum absolute atomic E-state index is 0.0234. The summed E-state index contributed by atoms with van der Waals surface area (Å²) in [5, 5.41) is 10.7. The molecule has 0 aliphatic carbocycles. The van der Waals surface area contributed by atoms with E-state index in [1.807, 2.05) is 17.5 Å². The molecule has 7 nitrogen and oxygen atoms in total. The van der Waals surface area contributed by atoms with E-state index in [4.69, 9.17) is 9.47 Å². The SMILES string of the molecule is CC(C)(C)OC(=O)Nc1ccc(F)cc1NC1OC1CCCCCC(=O)NCc1cccs1. The van der Waals surface area contributed by atoms with E-state index in [1.54, 1.807) is 32.1 Å². The van der Waals surface area contributed by atoms with Gasteiger partial charge in [0, 0.05) is 11.3 Å². The highest BCUT2D eigenvalue weighted by Gasteiger charge is 2.38. The molecule has 2 heterocycles. The number of nitrogens with one attached hydrogen (secondary N) is 3. The molecule has 0 bridgehead atoms. The van der Waals surface area contributed by atoms with E-state index in [1.165, 1.54) is 18.2 Å². The van der Waals surface area contributed by atoms with Crippen LogP contribution in [0.1, 0.15) is 57.8 Å². The van der Waals surface area contributed by atoms with E-state index >= 15 is 0 Å². The number of benzene rings is 1. The summed E-state index contributed by atoms with van der Waals surface area (Å²) in [5.41, 5.74) is 0.233. The zero-order chi connectivity index (χ0) is 23.8. The topological polar surface area (TPSA) is 92.0 Å². The Morgan fingerprint density at radius 1 is 1.15 bits per heavy atom. The maximum absolute atomic E-state index is 13.8. The number of ether oxygens (including phenoxy) is 2. The van der Waals surface area contributed by atoms with Crippen molar-refractivity contribution in [3.8, 4) is 0 Å². The number of halogens is 1. The summed E-state index contributed by atoms with van der Waals surface area (Å²) in [6.45, 7) is 5.91. The molecule has 1 fully saturated rings. The smallest absolute Gasteiger partial charge is 0.412 e. The molecule has 3 N–H and O–H groups in total. The fourth-order valence-electron chi connectivity index (χ4n) is 3.30. The molecule has 33 heavy (non-hydrogen) atoms. The Morgan fingerprint density at radius 3 is 2.70 bits per heavy atom. The Balaban J connectivity index is 1.34. The van der Waals surface area contributed by atoms with Crippen LogP contribution in [0.15, 0.2) is 35.7 Å². The second-order valence-corrected chi connectivity index (χ2v) is 10.0. The Bertz CT molecular complexity index is 930. The van der Waals surface area contributed by atoms with Gasteiger partial charge in [0.05, 0.1) is 17.9 Å². The number of epoxide rings is 1. The van der Waals surface area contributed by atoms with Crippen molar-refractivity contribution in [3.63, 3.8) is 0 Å². The molecule has 0 spiro atoms. The van der Waals surface area contributed by atoms with Crippen LogP contribution in [0.2, 0.25) is 0 Å². The van der Waals surface area contributed by atoms with Gasteiger partial charge in [0.2, 0.25) is 5.91 Å². The van der Waals surface area contributed by atoms with Gasteiger partial charge in [-0.15, -0.1) is 11.3 Å². The zero-order valence-electron chi connectivity index (χ0n) is 19.3. The molecule has 1 aromatic carbocycles. The van der Waals surface area contributed by atoms with Crippen molar-refractivity contribution in [2.45, 2.75) is 77.4 Å². The second kappa shape index (κ2) is 11.5. The Kier molecular flexibility index (Phi) is 8.68. The van der Waals surface area contributed by atoms with Crippen molar-refractivity contribution in [2.75, 3.05) is 10.6 Å². The maximum Gasteiger partial charge on any atom is 0.412 e. The van der Waals surface area contributed by atoms with Gasteiger partial charge in [-0.2, -0.15) is 0 Å². The van der Waals surface area contributed by atoms with Crippen LogP contribution in [0.5, 0.6) is 0 Å². The summed E-state index contributed by atoms with van der Waals surface area (Å²) < 4.78 is 24.7. The van der Waals surface area contributed by atoms with Crippen LogP contribution >= 0.6 is 11.3 Å². The average Bonchev–Trinajstić information content (AvgIpc) is 3.23. The van der Waals surface area contributed by atoms with Crippen LogP contribution in [-0.4, -0.2) is 29.9 Å². The van der Waals surface area contributed by atoms with E-state index in [0.29, 0.717) is 24.3 Å². The lowest BCUT2D eigenvalue weighted by Gasteiger charge is -2.20. The molecule has 2 atom stereocenters. The number of carbonyl (C=O) groups excluding carboxylic acids is 2. The molecule has 0 radical (unpaired) electrons. The quantitative estimate of drug-likeness (QED) is 0.288. The highest BCUT2D eigenvalue weighted by molar-refractivity contribution is 7.09. The Morgan fingerprint density at radius 2 is 1.97 bits per heavy atom. The van der Waals surface area contributed by atoms with Gasteiger partial charge >= 0.3 is 6.09 Å². The molecule has 9 heteroatoms. The molecule has 1 aromatic heterocycles. The van der Waals surface area contributed by atoms with Gasteiger partial charge in [-0.1, -0.05) is 18.9 Å². The van der Waals surface area contributed by atoms with Crippen LogP contribution < -0.4 is 16.0 Å². The van der Waals surface area contributed by atoms with Crippen molar-refractivity contribution in [1.82, 2.24) is 5.32 Å². The highest BCUT2D eigenvalue weighted by Crippen LogP contribution is 2.32. The standard InChI is InChI=1S/C24H32FN3O4S/c1-24(2,3)32-23(30)28-18-12-11-16(25)14-19(18)27-22-20(31-22)9-5-4-6-10-21(29)26-15-17-8-7-13-33-17/h7-8,11-14,20,22,27H,4-6,9-10,15H2,1-3H3,(H,26,29)(H,28,30). The Labute approximate surface area is 198 Å². The zero-order valence-corrected chi connectivity index (χ0v) is 20.1. The summed E-state index contributed by atoms with van der Waals surface area (Å²) in [7, 11) is 0. The first-order valence-corrected chi connectivity index (χ1v) is 12.1. The highest BCUT2D eigenvalue weighted by atomic mass is 32.1. The maximum atomic E-state index is 13.8. The lowest BCUT2D eigenvalue weighted by atomic mass is 10.1. The monoisotopic (exact) mass is 477 g/mol. The van der Waals surface area contributed by atoms with E-state index in [0.717, 1.165) is 30.6 Å². The minimum Gasteiger partial charge on any atom is -0.444 e. The van der Waals surface area contributed by atoms with E-state index < -0.39 is 17.5 Å². The summed E-state index contributed by atoms with van der Waals surface area (Å²) >= 11 is 1.63. The fraction of sp³-hybridized carbons (Fsp3) is 0.500. The molecule has 1 aliphatic heterocycles. The van der Waals surface area contributed by atoms with Crippen molar-refractivity contribution in [1.29, 1.82) is 0 Å². The molecule has 0 saturated carbocycles. The number of carbonyl (C=O) groups is 2. The van der Waals surface area contributed by atoms with Gasteiger partial charge in [0.15, 0.2) is 6.23 Å². The minimum atomic E-state index is -0.632. The first kappa shape index (κ1) is 25.0. The van der Waals surface area contributed by atoms with Crippen molar-refractivity contribution < 1.29 is 23.5 Å². The molecule has 2 amide bonds. The number of thiophene rings is 1. The number of amides is 2. The number of unbranched alkanes of at least 4 members (excludes halogenated alkanes) is 2. The molecule has 1 saturated heterocycles. The van der Waals surface area contributed by atoms with Crippen LogP contribution in [-0.2, 0) is 20.8 Å². The summed E-state index contributed by atoms with van der Waals surface area (Å²) in [4.78, 5) is 25.1. The molecule has 2 aromatic rings. The number of hydrogen-bond acceptors (Lipinski definition) is 6. The normalized spacial score (nSPS) is 17.3. The average molecular weight is 478 g/mol. The van der Waals surface area contributed by atoms with Crippen LogP contribution in [0.3, 0.4) is 0 Å². The van der Waals surface area contributed by atoms with E-state index in [-0.39, 0.29) is 18.2 Å². The van der Waals surface area contributed by atoms with Crippen molar-refractivity contribution >= 4 is 34.7 Å². The van der Waals surface area contributed by atoms with Crippen molar-refractivity contribution in [3.05, 3.63) is 46.4 Å². The third-order valence-corrected chi connectivity index (χ3v) is 5.81. The van der Waals surface area contributed by atoms with Gasteiger partial charge in [-0.05, 0) is 63.3 Å². The number of rotatable bonds is 11. The predicted octanol–water partition coefficient (Wildman–Crippen LogP) is 5.64. The first-order valence-electron chi connectivity index (χ1n) is 11.2. The van der Waals surface area contributed by atoms with Gasteiger partial charge in [-0.3, -0.25) is 10.1 Å². The van der Waals surface area contributed by atoms with E-state index in [2.05, 4.69) is 16.0 Å². The third-order valence-electron chi connectivity index (χ3n) is 4.93. The van der Waals surface area contributed by atoms with Gasteiger partial charge < -0.3 is 20.1 Å². The number of anilines is 2. The molecule has 1 aliphatic rings. The lowest BCUT2D eigenvalue weighted by Crippen LogP contribution is -2.27. The van der Waals surface area contributed by atoms with Crippen molar-refractivity contribution in [2.24, 2.45) is 0 Å². The van der Waals surface area contributed by atoms with Crippen LogP contribution in [0.4, 0.5) is 20.6 Å². The first-order chi connectivity index (χ1) is 15.7. The van der Waals surface area contributed by atoms with Gasteiger partial charge in [0.25, 0.3) is 0 Å². The van der Waals surface area contributed by atoms with E-state index in [9.17, 15) is 14.0 Å². The molecular weight excluding hydrogens is 445 g/mol. The Hall–Kier alpha value is -2.65. The molecule has 180 valence electrons. The van der Waals surface area contributed by atoms with Gasteiger partial charge in [0.1, 0.15) is 17.5 Å². The second-order valence-electron chi connectivity index (χ2n) is 9.01. The number of hydrogen-bond donors (Lipinski definition) is 3. The fourth-order valence-corrected chi connectivity index (χ4v) is 3.94. The predicted molar refractivity (Wildman–Crippen MR) is 128 cm³/mol. The lowest BCUT2D eigenvalue weighted by molar-refractivity contribution is -0.121. The summed E-state index contributed by atoms with van der Waals surface area (Å²) in [6, 6.07) is 8.06. The van der Waals surface area contributed by atoms with Gasteiger partial charge in [-0.25, -0.2) is 9.18 Å². The summed E-state index contributed by atoms with van der Waals surface area (Å²) in [6.07, 6.45) is 3.24. The molecular formula is C24H32FN3O4S. The largest absolute Gasteiger partial charge is 0.444 e. The third kappa shape index (κ3) is 9.01. The summed E-state index contributed by atoms with van der Waals surface area (Å²) in [5.74, 6) is -0.344. The van der Waals surface area contributed by atoms with Crippen LogP contribution in [0, 0.1) is 5.82 Å². The molecule has 3 rings (SSSR count). The van der Waals surface area contributed by atoms with Crippen LogP contribution in [0.25, 0.3) is 0 Å². The molecule has 2 unspecified atom stereocenters.